The molecule has 120 valence electrons. The van der Waals surface area contributed by atoms with E-state index in [1.807, 2.05) is 25.9 Å². The first kappa shape index (κ1) is 15.0. The molecule has 3 rings (SSSR count). The summed E-state index contributed by atoms with van der Waals surface area (Å²) in [7, 11) is 3.77. The first-order valence-corrected chi connectivity index (χ1v) is 7.65. The van der Waals surface area contributed by atoms with Crippen molar-refractivity contribution in [2.75, 3.05) is 27.2 Å². The van der Waals surface area contributed by atoms with Gasteiger partial charge in [0.25, 0.3) is 5.91 Å². The summed E-state index contributed by atoms with van der Waals surface area (Å²) >= 11 is 0. The fraction of sp³-hybridized carbons (Fsp3) is 0.714. The van der Waals surface area contributed by atoms with Crippen molar-refractivity contribution < 1.29 is 9.32 Å². The highest BCUT2D eigenvalue weighted by atomic mass is 16.5. The van der Waals surface area contributed by atoms with Gasteiger partial charge in [-0.15, -0.1) is 0 Å². The number of aryl methyl sites for hydroxylation is 1. The molecule has 1 saturated heterocycles. The van der Waals surface area contributed by atoms with Crippen molar-refractivity contribution in [3.8, 4) is 0 Å². The Bertz CT molecular complexity index is 586. The van der Waals surface area contributed by atoms with E-state index in [0.29, 0.717) is 37.1 Å². The van der Waals surface area contributed by atoms with Gasteiger partial charge in [0.05, 0.1) is 6.54 Å². The van der Waals surface area contributed by atoms with Crippen LogP contribution >= 0.6 is 0 Å². The molecule has 2 aliphatic rings. The minimum Gasteiger partial charge on any atom is -0.349 e. The lowest BCUT2D eigenvalue weighted by molar-refractivity contribution is -0.125. The van der Waals surface area contributed by atoms with Crippen LogP contribution in [-0.4, -0.2) is 64.5 Å². The number of amides is 1. The topological polar surface area (TPSA) is 86.9 Å². The third-order valence-electron chi connectivity index (χ3n) is 4.25. The number of aromatic nitrogens is 2. The van der Waals surface area contributed by atoms with Gasteiger partial charge in [-0.25, -0.2) is 4.99 Å². The molecule has 0 aromatic carbocycles. The second-order valence-electron chi connectivity index (χ2n) is 6.05. The van der Waals surface area contributed by atoms with Crippen LogP contribution < -0.4 is 5.32 Å². The lowest BCUT2D eigenvalue weighted by atomic mass is 9.88. The minimum absolute atomic E-state index is 0.0173. The molecule has 0 radical (unpaired) electrons. The molecule has 8 nitrogen and oxygen atoms in total. The Morgan fingerprint density at radius 1 is 1.36 bits per heavy atom. The van der Waals surface area contributed by atoms with Crippen LogP contribution in [0.5, 0.6) is 0 Å². The highest BCUT2D eigenvalue weighted by Crippen LogP contribution is 2.30. The highest BCUT2D eigenvalue weighted by Gasteiger charge is 2.46. The molecule has 3 heterocycles. The number of aliphatic imine (C=N–C) groups is 1. The number of guanidine groups is 1. The van der Waals surface area contributed by atoms with Crippen molar-refractivity contribution in [3.05, 3.63) is 11.7 Å². The molecule has 0 aliphatic carbocycles. The van der Waals surface area contributed by atoms with Crippen molar-refractivity contribution in [2.24, 2.45) is 4.99 Å². The van der Waals surface area contributed by atoms with Crippen LogP contribution in [0.4, 0.5) is 0 Å². The Kier molecular flexibility index (Phi) is 3.86. The average molecular weight is 306 g/mol. The van der Waals surface area contributed by atoms with E-state index >= 15 is 0 Å². The van der Waals surface area contributed by atoms with Gasteiger partial charge in [0.2, 0.25) is 11.9 Å². The number of rotatable bonds is 3. The van der Waals surface area contributed by atoms with E-state index in [-0.39, 0.29) is 5.91 Å². The average Bonchev–Trinajstić information content (AvgIpc) is 3.07. The van der Waals surface area contributed by atoms with Gasteiger partial charge in [0, 0.05) is 33.6 Å². The van der Waals surface area contributed by atoms with E-state index in [1.54, 1.807) is 0 Å². The lowest BCUT2D eigenvalue weighted by Gasteiger charge is -2.34. The largest absolute Gasteiger partial charge is 0.349 e. The molecule has 22 heavy (non-hydrogen) atoms. The van der Waals surface area contributed by atoms with Crippen LogP contribution in [0.3, 0.4) is 0 Å². The van der Waals surface area contributed by atoms with Crippen LogP contribution in [-0.2, 0) is 17.8 Å². The first-order valence-electron chi connectivity index (χ1n) is 7.65. The van der Waals surface area contributed by atoms with Crippen LogP contribution in [0.15, 0.2) is 9.52 Å². The second-order valence-corrected chi connectivity index (χ2v) is 6.05. The number of likely N-dealkylation sites (tertiary alicyclic amines) is 1. The molecular formula is C14H22N6O2. The Labute approximate surface area is 129 Å². The third-order valence-corrected chi connectivity index (χ3v) is 4.25. The quantitative estimate of drug-likeness (QED) is 0.847. The van der Waals surface area contributed by atoms with Gasteiger partial charge < -0.3 is 9.42 Å². The third kappa shape index (κ3) is 2.70. The van der Waals surface area contributed by atoms with E-state index in [1.165, 1.54) is 0 Å². The molecule has 1 fully saturated rings. The van der Waals surface area contributed by atoms with Gasteiger partial charge >= 0.3 is 0 Å². The van der Waals surface area contributed by atoms with Gasteiger partial charge in [-0.2, -0.15) is 4.98 Å². The summed E-state index contributed by atoms with van der Waals surface area (Å²) in [5.41, 5.74) is -0.595. The molecule has 1 aromatic heterocycles. The summed E-state index contributed by atoms with van der Waals surface area (Å²) in [6, 6.07) is 0. The zero-order valence-corrected chi connectivity index (χ0v) is 13.3. The van der Waals surface area contributed by atoms with Crippen LogP contribution in [0.1, 0.15) is 31.5 Å². The molecule has 2 aliphatic heterocycles. The van der Waals surface area contributed by atoms with Gasteiger partial charge in [-0.1, -0.05) is 12.1 Å². The molecule has 0 saturated carbocycles. The fourth-order valence-corrected chi connectivity index (χ4v) is 2.83. The molecular weight excluding hydrogens is 284 g/mol. The van der Waals surface area contributed by atoms with E-state index in [4.69, 9.17) is 4.52 Å². The summed E-state index contributed by atoms with van der Waals surface area (Å²) in [5.74, 6) is 2.05. The van der Waals surface area contributed by atoms with E-state index < -0.39 is 5.54 Å². The van der Waals surface area contributed by atoms with Crippen LogP contribution in [0, 0.1) is 0 Å². The van der Waals surface area contributed by atoms with Crippen LogP contribution in [0.2, 0.25) is 0 Å². The summed E-state index contributed by atoms with van der Waals surface area (Å²) in [5, 5.41) is 6.85. The summed E-state index contributed by atoms with van der Waals surface area (Å²) in [4.78, 5) is 25.3. The van der Waals surface area contributed by atoms with Gasteiger partial charge in [-0.3, -0.25) is 15.0 Å². The van der Waals surface area contributed by atoms with Crippen LogP contribution in [0.25, 0.3) is 0 Å². The van der Waals surface area contributed by atoms with Gasteiger partial charge in [-0.05, 0) is 12.8 Å². The maximum absolute atomic E-state index is 12.3. The summed E-state index contributed by atoms with van der Waals surface area (Å²) in [6.07, 6.45) is 2.18. The molecule has 1 spiro atoms. The minimum atomic E-state index is -0.595. The maximum Gasteiger partial charge on any atom is 0.254 e. The highest BCUT2D eigenvalue weighted by molar-refractivity contribution is 6.07. The molecule has 0 unspecified atom stereocenters. The molecule has 1 N–H and O–H groups in total. The molecule has 8 heteroatoms. The number of nitrogens with one attached hydrogen (secondary N) is 1. The van der Waals surface area contributed by atoms with E-state index in [9.17, 15) is 4.79 Å². The smallest absolute Gasteiger partial charge is 0.254 e. The van der Waals surface area contributed by atoms with Crippen molar-refractivity contribution in [2.45, 2.75) is 38.3 Å². The lowest BCUT2D eigenvalue weighted by Crippen LogP contribution is -2.49. The Hall–Kier alpha value is -1.96. The van der Waals surface area contributed by atoms with Crippen molar-refractivity contribution in [1.29, 1.82) is 0 Å². The number of hydrogen-bond acceptors (Lipinski definition) is 7. The molecule has 0 atom stereocenters. The van der Waals surface area contributed by atoms with Crippen molar-refractivity contribution in [1.82, 2.24) is 25.3 Å². The number of carbonyl (C=O) groups excluding carboxylic acids is 1. The van der Waals surface area contributed by atoms with Crippen molar-refractivity contribution >= 4 is 11.9 Å². The van der Waals surface area contributed by atoms with E-state index in [2.05, 4.69) is 25.3 Å². The Balaban J connectivity index is 1.61. The molecule has 0 bridgehead atoms. The summed E-state index contributed by atoms with van der Waals surface area (Å²) < 4.78 is 5.13. The number of carbonyl (C=O) groups is 1. The van der Waals surface area contributed by atoms with Gasteiger partial charge in [0.15, 0.2) is 5.82 Å². The maximum atomic E-state index is 12.3. The second kappa shape index (κ2) is 5.68. The number of nitrogens with zero attached hydrogens (tertiary/aromatic N) is 5. The monoisotopic (exact) mass is 306 g/mol. The standard InChI is InChI=1S/C14H22N6O2/c1-4-11-15-10(18-22-11)9-20-7-5-14(6-8-20)12(21)16-13(17-14)19(2)3/h4-9H2,1-3H3,(H,16,17,21). The van der Waals surface area contributed by atoms with E-state index in [0.717, 1.165) is 19.5 Å². The fourth-order valence-electron chi connectivity index (χ4n) is 2.83. The Morgan fingerprint density at radius 3 is 2.64 bits per heavy atom. The zero-order chi connectivity index (χ0) is 15.7. The predicted molar refractivity (Wildman–Crippen MR) is 80.2 cm³/mol. The summed E-state index contributed by atoms with van der Waals surface area (Å²) in [6.45, 7) is 4.24. The Morgan fingerprint density at radius 2 is 2.09 bits per heavy atom. The normalized spacial score (nSPS) is 21.0. The SMILES string of the molecule is CCc1nc(CN2CCC3(CC2)N=C(N(C)C)NC3=O)no1. The predicted octanol–water partition coefficient (Wildman–Crippen LogP) is 0.0140. The van der Waals surface area contributed by atoms with Crippen molar-refractivity contribution in [3.63, 3.8) is 0 Å². The van der Waals surface area contributed by atoms with Gasteiger partial charge in [0.1, 0.15) is 5.54 Å². The molecule has 1 aromatic rings. The number of hydrogen-bond donors (Lipinski definition) is 1. The molecule has 1 amide bonds. The number of piperidine rings is 1. The zero-order valence-electron chi connectivity index (χ0n) is 13.3. The first-order chi connectivity index (χ1) is 10.5.